The minimum atomic E-state index is -0.696. The number of nitro groups is 1. The summed E-state index contributed by atoms with van der Waals surface area (Å²) in [5.74, 6) is -1.18. The summed E-state index contributed by atoms with van der Waals surface area (Å²) < 4.78 is 32.1. The molecule has 0 saturated carbocycles. The average molecular weight is 486 g/mol. The van der Waals surface area contributed by atoms with Crippen molar-refractivity contribution in [2.24, 2.45) is 0 Å². The first-order chi connectivity index (χ1) is 17.3. The quantitative estimate of drug-likeness (QED) is 0.241. The third kappa shape index (κ3) is 4.15. The van der Waals surface area contributed by atoms with Gasteiger partial charge in [0.25, 0.3) is 11.2 Å². The van der Waals surface area contributed by atoms with Crippen molar-refractivity contribution in [3.63, 3.8) is 0 Å². The average Bonchev–Trinajstić information content (AvgIpc) is 3.32. The second-order valence-electron chi connectivity index (χ2n) is 8.42. The van der Waals surface area contributed by atoms with E-state index in [1.807, 2.05) is 30.3 Å². The summed E-state index contributed by atoms with van der Waals surface area (Å²) in [5.41, 5.74) is 2.39. The van der Waals surface area contributed by atoms with Crippen LogP contribution in [-0.4, -0.2) is 18.9 Å². The van der Waals surface area contributed by atoms with Gasteiger partial charge in [0.2, 0.25) is 5.78 Å². The number of non-ortho nitro benzene ring substituents is 1. The second kappa shape index (κ2) is 9.18. The summed E-state index contributed by atoms with van der Waals surface area (Å²) in [5, 5.41) is 11.0. The molecule has 7 nitrogen and oxygen atoms in total. The molecular formula is C27H20F2N4O3. The van der Waals surface area contributed by atoms with Gasteiger partial charge in [0.05, 0.1) is 17.2 Å². The maximum atomic E-state index is 14.6. The molecular weight excluding hydrogens is 466 g/mol. The lowest BCUT2D eigenvalue weighted by Crippen LogP contribution is -2.26. The number of hydrogen-bond donors (Lipinski definition) is 0. The van der Waals surface area contributed by atoms with Crippen molar-refractivity contribution in [3.8, 4) is 11.3 Å². The first kappa shape index (κ1) is 23.1. The molecule has 0 atom stereocenters. The van der Waals surface area contributed by atoms with Gasteiger partial charge < -0.3 is 4.57 Å². The Hall–Kier alpha value is -4.66. The molecule has 5 aromatic rings. The molecule has 0 radical (unpaired) electrons. The Kier molecular flexibility index (Phi) is 5.89. The molecule has 36 heavy (non-hydrogen) atoms. The molecule has 2 aromatic heterocycles. The topological polar surface area (TPSA) is 82.4 Å². The standard InChI is InChI=1S/C27H20F2N4O3/c1-17-21(14-18-6-3-2-4-7-18)26(34)32-16-25(19-10-12-20(13-11-19)33(35)36)30-27(32)31(17)15-22-23(28)8-5-9-24(22)29/h2-13,16H,14-15H2,1H3. The van der Waals surface area contributed by atoms with E-state index in [4.69, 9.17) is 0 Å². The Morgan fingerprint density at radius 1 is 0.917 bits per heavy atom. The Morgan fingerprint density at radius 2 is 1.58 bits per heavy atom. The van der Waals surface area contributed by atoms with Crippen LogP contribution in [0.2, 0.25) is 0 Å². The van der Waals surface area contributed by atoms with E-state index in [1.165, 1.54) is 34.7 Å². The Morgan fingerprint density at radius 3 is 2.22 bits per heavy atom. The van der Waals surface area contributed by atoms with Crippen LogP contribution in [0.5, 0.6) is 0 Å². The van der Waals surface area contributed by atoms with E-state index in [2.05, 4.69) is 4.98 Å². The summed E-state index contributed by atoms with van der Waals surface area (Å²) in [6.07, 6.45) is 1.87. The minimum Gasteiger partial charge on any atom is -0.311 e. The molecule has 0 spiro atoms. The molecule has 0 saturated heterocycles. The van der Waals surface area contributed by atoms with Gasteiger partial charge in [0.15, 0.2) is 0 Å². The highest BCUT2D eigenvalue weighted by atomic mass is 19.1. The van der Waals surface area contributed by atoms with E-state index >= 15 is 0 Å². The number of rotatable bonds is 6. The van der Waals surface area contributed by atoms with Crippen molar-refractivity contribution in [1.29, 1.82) is 0 Å². The van der Waals surface area contributed by atoms with Crippen LogP contribution in [0.25, 0.3) is 17.0 Å². The van der Waals surface area contributed by atoms with Crippen LogP contribution < -0.4 is 5.56 Å². The van der Waals surface area contributed by atoms with E-state index in [-0.39, 0.29) is 29.1 Å². The molecule has 0 N–H and O–H groups in total. The number of nitrogens with zero attached hydrogens (tertiary/aromatic N) is 4. The molecule has 0 unspecified atom stereocenters. The van der Waals surface area contributed by atoms with Gasteiger partial charge in [-0.15, -0.1) is 0 Å². The van der Waals surface area contributed by atoms with Gasteiger partial charge in [-0.05, 0) is 36.8 Å². The molecule has 5 rings (SSSR count). The normalized spacial score (nSPS) is 11.2. The smallest absolute Gasteiger partial charge is 0.269 e. The lowest BCUT2D eigenvalue weighted by atomic mass is 10.0. The molecule has 0 amide bonds. The monoisotopic (exact) mass is 486 g/mol. The molecule has 0 aliphatic heterocycles. The van der Waals surface area contributed by atoms with Crippen molar-refractivity contribution >= 4 is 11.5 Å². The number of fused-ring (bicyclic) bond motifs is 1. The van der Waals surface area contributed by atoms with E-state index in [9.17, 15) is 23.7 Å². The fraction of sp³-hybridized carbons (Fsp3) is 0.111. The highest BCUT2D eigenvalue weighted by molar-refractivity contribution is 5.63. The summed E-state index contributed by atoms with van der Waals surface area (Å²) in [4.78, 5) is 28.7. The zero-order valence-electron chi connectivity index (χ0n) is 19.2. The van der Waals surface area contributed by atoms with Gasteiger partial charge in [-0.25, -0.2) is 13.8 Å². The van der Waals surface area contributed by atoms with Crippen molar-refractivity contribution in [3.05, 3.63) is 133 Å². The lowest BCUT2D eigenvalue weighted by Gasteiger charge is -2.17. The first-order valence-electron chi connectivity index (χ1n) is 11.2. The van der Waals surface area contributed by atoms with Gasteiger partial charge in [-0.1, -0.05) is 36.4 Å². The predicted octanol–water partition coefficient (Wildman–Crippen LogP) is 5.30. The lowest BCUT2D eigenvalue weighted by molar-refractivity contribution is -0.384. The number of aromatic nitrogens is 3. The predicted molar refractivity (Wildman–Crippen MR) is 131 cm³/mol. The van der Waals surface area contributed by atoms with Crippen LogP contribution in [0.15, 0.2) is 83.8 Å². The van der Waals surface area contributed by atoms with Crippen molar-refractivity contribution in [2.75, 3.05) is 0 Å². The van der Waals surface area contributed by atoms with E-state index in [1.54, 1.807) is 29.8 Å². The van der Waals surface area contributed by atoms with Gasteiger partial charge in [-0.2, -0.15) is 0 Å². The molecule has 180 valence electrons. The zero-order chi connectivity index (χ0) is 25.4. The van der Waals surface area contributed by atoms with E-state index in [0.717, 1.165) is 5.56 Å². The SMILES string of the molecule is Cc1c(Cc2ccccc2)c(=O)n2cc(-c3ccc([N+](=O)[O-])cc3)nc2n1Cc1c(F)cccc1F. The number of benzene rings is 3. The molecule has 0 aliphatic carbocycles. The van der Waals surface area contributed by atoms with Crippen LogP contribution in [0.3, 0.4) is 0 Å². The highest BCUT2D eigenvalue weighted by Gasteiger charge is 2.20. The Balaban J connectivity index is 1.72. The molecule has 3 aromatic carbocycles. The summed E-state index contributed by atoms with van der Waals surface area (Å²) in [6, 6.07) is 18.9. The van der Waals surface area contributed by atoms with Crippen molar-refractivity contribution < 1.29 is 13.7 Å². The van der Waals surface area contributed by atoms with Crippen LogP contribution >= 0.6 is 0 Å². The van der Waals surface area contributed by atoms with E-state index < -0.39 is 16.6 Å². The van der Waals surface area contributed by atoms with Crippen LogP contribution in [0, 0.1) is 28.7 Å². The fourth-order valence-corrected chi connectivity index (χ4v) is 4.25. The molecule has 2 heterocycles. The number of hydrogen-bond acceptors (Lipinski definition) is 4. The van der Waals surface area contributed by atoms with Gasteiger partial charge in [-0.3, -0.25) is 19.3 Å². The number of imidazole rings is 1. The van der Waals surface area contributed by atoms with Crippen LogP contribution in [0.1, 0.15) is 22.4 Å². The summed E-state index contributed by atoms with van der Waals surface area (Å²) in [6.45, 7) is 1.56. The third-order valence-electron chi connectivity index (χ3n) is 6.22. The number of halogens is 2. The van der Waals surface area contributed by atoms with Crippen LogP contribution in [-0.2, 0) is 13.0 Å². The highest BCUT2D eigenvalue weighted by Crippen LogP contribution is 2.24. The zero-order valence-corrected chi connectivity index (χ0v) is 19.2. The van der Waals surface area contributed by atoms with Gasteiger partial charge in [0.1, 0.15) is 11.6 Å². The van der Waals surface area contributed by atoms with Gasteiger partial charge >= 0.3 is 0 Å². The van der Waals surface area contributed by atoms with Crippen LogP contribution in [0.4, 0.5) is 14.5 Å². The number of nitro benzene ring substituents is 1. The summed E-state index contributed by atoms with van der Waals surface area (Å²) in [7, 11) is 0. The van der Waals surface area contributed by atoms with Crippen molar-refractivity contribution in [2.45, 2.75) is 19.9 Å². The molecule has 9 heteroatoms. The Labute approximate surface area is 204 Å². The third-order valence-corrected chi connectivity index (χ3v) is 6.22. The maximum absolute atomic E-state index is 14.6. The second-order valence-corrected chi connectivity index (χ2v) is 8.42. The van der Waals surface area contributed by atoms with Gasteiger partial charge in [0, 0.05) is 47.1 Å². The molecule has 0 bridgehead atoms. The fourth-order valence-electron chi connectivity index (χ4n) is 4.25. The summed E-state index contributed by atoms with van der Waals surface area (Å²) >= 11 is 0. The maximum Gasteiger partial charge on any atom is 0.269 e. The first-order valence-corrected chi connectivity index (χ1v) is 11.2. The largest absolute Gasteiger partial charge is 0.311 e. The Bertz CT molecular complexity index is 1640. The molecule has 0 fully saturated rings. The van der Waals surface area contributed by atoms with Crippen molar-refractivity contribution in [1.82, 2.24) is 14.0 Å². The minimum absolute atomic E-state index is 0.0712. The van der Waals surface area contributed by atoms with E-state index in [0.29, 0.717) is 28.9 Å². The molecule has 0 aliphatic rings.